The first-order valence-electron chi connectivity index (χ1n) is 8.80. The van der Waals surface area contributed by atoms with E-state index in [4.69, 9.17) is 5.11 Å². The molecule has 0 bridgehead atoms. The molecule has 1 aliphatic heterocycles. The van der Waals surface area contributed by atoms with Gasteiger partial charge in [0.15, 0.2) is 0 Å². The average molecular weight is 396 g/mol. The van der Waals surface area contributed by atoms with Crippen molar-refractivity contribution in [1.82, 2.24) is 4.90 Å². The highest BCUT2D eigenvalue weighted by Crippen LogP contribution is 2.24. The SMILES string of the molecule is O=C(O)/C=C/C(=O)Nc1cccc(SCC(=O)N2CCc3ccccc3C2)c1. The van der Waals surface area contributed by atoms with Gasteiger partial charge in [-0.3, -0.25) is 9.59 Å². The maximum atomic E-state index is 12.6. The second kappa shape index (κ2) is 9.23. The van der Waals surface area contributed by atoms with Gasteiger partial charge in [-0.1, -0.05) is 30.3 Å². The fraction of sp³-hybridized carbons (Fsp3) is 0.190. The van der Waals surface area contributed by atoms with Crippen molar-refractivity contribution in [3.63, 3.8) is 0 Å². The number of carboxylic acid groups (broad SMARTS) is 1. The molecule has 1 heterocycles. The van der Waals surface area contributed by atoms with Crippen LogP contribution in [0.1, 0.15) is 11.1 Å². The lowest BCUT2D eigenvalue weighted by atomic mass is 10.00. The molecule has 2 amide bonds. The molecule has 0 saturated heterocycles. The number of nitrogens with zero attached hydrogens (tertiary/aromatic N) is 1. The fourth-order valence-electron chi connectivity index (χ4n) is 2.94. The summed E-state index contributed by atoms with van der Waals surface area (Å²) in [5.41, 5.74) is 3.05. The Labute approximate surface area is 167 Å². The standard InChI is InChI=1S/C21H20N2O4S/c24-19(8-9-21(26)27)22-17-6-3-7-18(12-17)28-14-20(25)23-11-10-15-4-1-2-5-16(15)13-23/h1-9,12H,10-11,13-14H2,(H,22,24)(H,26,27)/b9-8+. The summed E-state index contributed by atoms with van der Waals surface area (Å²) in [4.78, 5) is 37.4. The van der Waals surface area contributed by atoms with Gasteiger partial charge in [-0.05, 0) is 35.7 Å². The number of anilines is 1. The van der Waals surface area contributed by atoms with Crippen LogP contribution in [0.15, 0.2) is 65.6 Å². The maximum absolute atomic E-state index is 12.6. The van der Waals surface area contributed by atoms with Gasteiger partial charge in [0.2, 0.25) is 11.8 Å². The summed E-state index contributed by atoms with van der Waals surface area (Å²) in [6.07, 6.45) is 2.61. The monoisotopic (exact) mass is 396 g/mol. The van der Waals surface area contributed by atoms with Gasteiger partial charge in [-0.25, -0.2) is 4.79 Å². The van der Waals surface area contributed by atoms with Crippen LogP contribution < -0.4 is 5.32 Å². The lowest BCUT2D eigenvalue weighted by molar-refractivity contribution is -0.131. The molecule has 0 spiro atoms. The van der Waals surface area contributed by atoms with Crippen LogP contribution >= 0.6 is 11.8 Å². The lowest BCUT2D eigenvalue weighted by Gasteiger charge is -2.28. The van der Waals surface area contributed by atoms with Gasteiger partial charge in [-0.15, -0.1) is 11.8 Å². The van der Waals surface area contributed by atoms with Crippen LogP contribution in [0.4, 0.5) is 5.69 Å². The number of hydrogen-bond donors (Lipinski definition) is 2. The van der Waals surface area contributed by atoms with Crippen LogP contribution in [0.25, 0.3) is 0 Å². The summed E-state index contributed by atoms with van der Waals surface area (Å²) >= 11 is 1.41. The molecule has 6 nitrogen and oxygen atoms in total. The third-order valence-corrected chi connectivity index (χ3v) is 5.30. The van der Waals surface area contributed by atoms with Gasteiger partial charge in [-0.2, -0.15) is 0 Å². The van der Waals surface area contributed by atoms with Crippen LogP contribution in [0, 0.1) is 0 Å². The van der Waals surface area contributed by atoms with Crippen LogP contribution in [-0.4, -0.2) is 40.1 Å². The van der Waals surface area contributed by atoms with Crippen molar-refractivity contribution in [3.8, 4) is 0 Å². The number of thioether (sulfide) groups is 1. The Morgan fingerprint density at radius 2 is 1.86 bits per heavy atom. The third-order valence-electron chi connectivity index (χ3n) is 4.32. The van der Waals surface area contributed by atoms with E-state index in [1.807, 2.05) is 23.1 Å². The minimum atomic E-state index is -1.18. The minimum Gasteiger partial charge on any atom is -0.478 e. The smallest absolute Gasteiger partial charge is 0.328 e. The van der Waals surface area contributed by atoms with Crippen molar-refractivity contribution in [3.05, 3.63) is 71.8 Å². The molecule has 7 heteroatoms. The van der Waals surface area contributed by atoms with E-state index in [2.05, 4.69) is 17.4 Å². The lowest BCUT2D eigenvalue weighted by Crippen LogP contribution is -2.37. The first-order chi connectivity index (χ1) is 13.5. The van der Waals surface area contributed by atoms with E-state index >= 15 is 0 Å². The molecule has 0 atom stereocenters. The first kappa shape index (κ1) is 19.7. The van der Waals surface area contributed by atoms with Crippen molar-refractivity contribution in [2.24, 2.45) is 0 Å². The maximum Gasteiger partial charge on any atom is 0.328 e. The number of nitrogens with one attached hydrogen (secondary N) is 1. The number of hydrogen-bond acceptors (Lipinski definition) is 4. The predicted molar refractivity (Wildman–Crippen MR) is 108 cm³/mol. The second-order valence-electron chi connectivity index (χ2n) is 6.31. The molecule has 2 N–H and O–H groups in total. The molecular formula is C21H20N2O4S. The molecule has 2 aromatic rings. The second-order valence-corrected chi connectivity index (χ2v) is 7.36. The van der Waals surface area contributed by atoms with Gasteiger partial charge in [0.25, 0.3) is 0 Å². The number of aliphatic carboxylic acids is 1. The van der Waals surface area contributed by atoms with Crippen molar-refractivity contribution in [2.75, 3.05) is 17.6 Å². The van der Waals surface area contributed by atoms with Crippen LogP contribution in [0.3, 0.4) is 0 Å². The quantitative estimate of drug-likeness (QED) is 0.579. The van der Waals surface area contributed by atoms with E-state index in [1.165, 1.54) is 22.9 Å². The molecular weight excluding hydrogens is 376 g/mol. The molecule has 0 aromatic heterocycles. The van der Waals surface area contributed by atoms with Gasteiger partial charge in [0.05, 0.1) is 5.75 Å². The van der Waals surface area contributed by atoms with E-state index in [1.54, 1.807) is 18.2 Å². The minimum absolute atomic E-state index is 0.0818. The molecule has 1 aliphatic rings. The summed E-state index contributed by atoms with van der Waals surface area (Å²) < 4.78 is 0. The largest absolute Gasteiger partial charge is 0.478 e. The zero-order valence-electron chi connectivity index (χ0n) is 15.1. The molecule has 3 rings (SSSR count). The molecule has 0 radical (unpaired) electrons. The average Bonchev–Trinajstić information content (AvgIpc) is 2.70. The predicted octanol–water partition coefficient (Wildman–Crippen LogP) is 2.94. The van der Waals surface area contributed by atoms with Crippen LogP contribution in [0.5, 0.6) is 0 Å². The number of fused-ring (bicyclic) bond motifs is 1. The highest BCUT2D eigenvalue weighted by Gasteiger charge is 2.20. The fourth-order valence-corrected chi connectivity index (χ4v) is 3.80. The number of rotatable bonds is 6. The molecule has 0 fully saturated rings. The van der Waals surface area contributed by atoms with Crippen LogP contribution in [-0.2, 0) is 27.3 Å². The Balaban J connectivity index is 1.54. The first-order valence-corrected chi connectivity index (χ1v) is 9.79. The summed E-state index contributed by atoms with van der Waals surface area (Å²) in [7, 11) is 0. The third kappa shape index (κ3) is 5.47. The number of benzene rings is 2. The normalized spacial score (nSPS) is 13.2. The van der Waals surface area contributed by atoms with Crippen molar-refractivity contribution < 1.29 is 19.5 Å². The topological polar surface area (TPSA) is 86.7 Å². The zero-order valence-corrected chi connectivity index (χ0v) is 15.9. The van der Waals surface area contributed by atoms with E-state index in [9.17, 15) is 14.4 Å². The van der Waals surface area contributed by atoms with Gasteiger partial charge >= 0.3 is 5.97 Å². The molecule has 2 aromatic carbocycles. The van der Waals surface area contributed by atoms with Gasteiger partial charge in [0.1, 0.15) is 0 Å². The van der Waals surface area contributed by atoms with Crippen LogP contribution in [0.2, 0.25) is 0 Å². The summed E-state index contributed by atoms with van der Waals surface area (Å²) in [6, 6.07) is 15.3. The van der Waals surface area contributed by atoms with E-state index in [0.717, 1.165) is 30.0 Å². The van der Waals surface area contributed by atoms with E-state index in [0.29, 0.717) is 18.0 Å². The Morgan fingerprint density at radius 3 is 2.64 bits per heavy atom. The highest BCUT2D eigenvalue weighted by molar-refractivity contribution is 8.00. The Hall–Kier alpha value is -3.06. The highest BCUT2D eigenvalue weighted by atomic mass is 32.2. The van der Waals surface area contributed by atoms with Crippen molar-refractivity contribution in [1.29, 1.82) is 0 Å². The molecule has 144 valence electrons. The van der Waals surface area contributed by atoms with E-state index in [-0.39, 0.29) is 5.91 Å². The summed E-state index contributed by atoms with van der Waals surface area (Å²) in [5, 5.41) is 11.2. The zero-order chi connectivity index (χ0) is 19.9. The molecule has 28 heavy (non-hydrogen) atoms. The number of carbonyl (C=O) groups is 3. The van der Waals surface area contributed by atoms with Crippen molar-refractivity contribution >= 4 is 35.2 Å². The molecule has 0 unspecified atom stereocenters. The number of amides is 2. The van der Waals surface area contributed by atoms with E-state index < -0.39 is 11.9 Å². The van der Waals surface area contributed by atoms with Crippen molar-refractivity contribution in [2.45, 2.75) is 17.9 Å². The molecule has 0 saturated carbocycles. The Morgan fingerprint density at radius 1 is 1.07 bits per heavy atom. The van der Waals surface area contributed by atoms with Gasteiger partial charge in [0, 0.05) is 35.8 Å². The Bertz CT molecular complexity index is 926. The number of carboxylic acids is 1. The summed E-state index contributed by atoms with van der Waals surface area (Å²) in [6.45, 7) is 1.37. The van der Waals surface area contributed by atoms with Gasteiger partial charge < -0.3 is 15.3 Å². The summed E-state index contributed by atoms with van der Waals surface area (Å²) in [5.74, 6) is -1.30. The Kier molecular flexibility index (Phi) is 6.49. The molecule has 0 aliphatic carbocycles. The number of carbonyl (C=O) groups excluding carboxylic acids is 2.